The molecule has 0 radical (unpaired) electrons. The Bertz CT molecular complexity index is 125. The highest BCUT2D eigenvalue weighted by molar-refractivity contribution is 14.1. The molecule has 2 nitrogen and oxygen atoms in total. The van der Waals surface area contributed by atoms with E-state index in [0.29, 0.717) is 0 Å². The molecule has 1 amide bonds. The van der Waals surface area contributed by atoms with Gasteiger partial charge in [-0.25, -0.2) is 0 Å². The molecule has 58 valence electrons. The first-order valence-electron chi connectivity index (χ1n) is 2.99. The van der Waals surface area contributed by atoms with E-state index in [-0.39, 0.29) is 3.91 Å². The molecule has 0 bridgehead atoms. The van der Waals surface area contributed by atoms with Crippen molar-refractivity contribution < 1.29 is 4.79 Å². The van der Waals surface area contributed by atoms with Crippen molar-refractivity contribution >= 4 is 48.1 Å². The van der Waals surface area contributed by atoms with Crippen LogP contribution < -0.4 is 0 Å². The van der Waals surface area contributed by atoms with Gasteiger partial charge in [0, 0.05) is 47.2 Å². The molecule has 1 aliphatic rings. The molecule has 1 fully saturated rings. The maximum Gasteiger partial charge on any atom is 0.283 e. The average molecular weight is 289 g/mol. The monoisotopic (exact) mass is 289 g/mol. The Hall–Kier alpha value is 0.900. The first kappa shape index (κ1) is 8.99. The fourth-order valence-corrected chi connectivity index (χ4v) is 3.16. The van der Waals surface area contributed by atoms with Crippen molar-refractivity contribution in [3.8, 4) is 0 Å². The topological polar surface area (TPSA) is 20.3 Å². The molecule has 10 heavy (non-hydrogen) atoms. The lowest BCUT2D eigenvalue weighted by molar-refractivity contribution is 0.232. The number of hydrogen-bond acceptors (Lipinski definition) is 3. The molecule has 1 heterocycles. The Morgan fingerprint density at radius 1 is 1.30 bits per heavy atom. The normalized spacial score (nSPS) is 20.3. The maximum atomic E-state index is 10.8. The van der Waals surface area contributed by atoms with Gasteiger partial charge in [0.2, 0.25) is 0 Å². The van der Waals surface area contributed by atoms with Crippen LogP contribution >= 0.6 is 44.2 Å². The summed E-state index contributed by atoms with van der Waals surface area (Å²) in [5.74, 6) is 2.14. The predicted molar refractivity (Wildman–Crippen MR) is 55.9 cm³/mol. The van der Waals surface area contributed by atoms with Crippen molar-refractivity contribution in [2.75, 3.05) is 24.6 Å². The molecule has 1 rings (SSSR count). The van der Waals surface area contributed by atoms with Crippen LogP contribution in [-0.4, -0.2) is 33.4 Å². The van der Waals surface area contributed by atoms with Gasteiger partial charge in [-0.15, -0.1) is 0 Å². The van der Waals surface area contributed by atoms with E-state index in [1.807, 2.05) is 49.1 Å². The van der Waals surface area contributed by atoms with Crippen LogP contribution in [0.25, 0.3) is 0 Å². The van der Waals surface area contributed by atoms with Gasteiger partial charge in [-0.3, -0.25) is 4.79 Å². The number of rotatable bonds is 0. The molecule has 5 heteroatoms. The number of hydrogen-bond donors (Lipinski definition) is 0. The summed E-state index contributed by atoms with van der Waals surface area (Å²) in [6.07, 6.45) is 0. The zero-order valence-corrected chi connectivity index (χ0v) is 9.17. The number of amides is 1. The molecule has 0 aromatic carbocycles. The minimum absolute atomic E-state index is 0.181. The lowest BCUT2D eigenvalue weighted by Gasteiger charge is -2.14. The SMILES string of the molecule is O=C(I)N1CCSSCC1. The van der Waals surface area contributed by atoms with E-state index < -0.39 is 0 Å². The Morgan fingerprint density at radius 3 is 2.20 bits per heavy atom. The fraction of sp³-hybridized carbons (Fsp3) is 0.800. The van der Waals surface area contributed by atoms with Gasteiger partial charge in [-0.1, -0.05) is 21.6 Å². The van der Waals surface area contributed by atoms with Crippen molar-refractivity contribution in [3.63, 3.8) is 0 Å². The number of halogens is 1. The summed E-state index contributed by atoms with van der Waals surface area (Å²) in [4.78, 5) is 12.7. The lowest BCUT2D eigenvalue weighted by Crippen LogP contribution is -2.28. The summed E-state index contributed by atoms with van der Waals surface area (Å²) in [6.45, 7) is 1.83. The van der Waals surface area contributed by atoms with Crippen molar-refractivity contribution in [2.24, 2.45) is 0 Å². The van der Waals surface area contributed by atoms with Crippen molar-refractivity contribution in [2.45, 2.75) is 0 Å². The summed E-state index contributed by atoms with van der Waals surface area (Å²) in [5.41, 5.74) is 0. The predicted octanol–water partition coefficient (Wildman–Crippen LogP) is 2.24. The van der Waals surface area contributed by atoms with E-state index in [4.69, 9.17) is 0 Å². The first-order valence-corrected chi connectivity index (χ1v) is 6.56. The second-order valence-corrected chi connectivity index (χ2v) is 5.51. The molecule has 0 atom stereocenters. The van der Waals surface area contributed by atoms with Crippen molar-refractivity contribution in [1.29, 1.82) is 0 Å². The molecule has 1 saturated heterocycles. The van der Waals surface area contributed by atoms with Gasteiger partial charge in [0.15, 0.2) is 0 Å². The lowest BCUT2D eigenvalue weighted by atomic mass is 10.6. The molecule has 1 aliphatic heterocycles. The van der Waals surface area contributed by atoms with Gasteiger partial charge >= 0.3 is 0 Å². The van der Waals surface area contributed by atoms with Crippen LogP contribution in [-0.2, 0) is 0 Å². The zero-order valence-electron chi connectivity index (χ0n) is 5.38. The molecule has 0 N–H and O–H groups in total. The second-order valence-electron chi connectivity index (χ2n) is 1.88. The molecule has 0 unspecified atom stereocenters. The first-order chi connectivity index (χ1) is 4.80. The summed E-state index contributed by atoms with van der Waals surface area (Å²) in [5, 5.41) is 0. The van der Waals surface area contributed by atoms with Crippen LogP contribution in [0.1, 0.15) is 0 Å². The number of carbonyl (C=O) groups is 1. The van der Waals surface area contributed by atoms with Crippen LogP contribution in [0.2, 0.25) is 0 Å². The van der Waals surface area contributed by atoms with E-state index in [0.717, 1.165) is 24.6 Å². The summed E-state index contributed by atoms with van der Waals surface area (Å²) in [6, 6.07) is 0. The highest BCUT2D eigenvalue weighted by Crippen LogP contribution is 2.24. The summed E-state index contributed by atoms with van der Waals surface area (Å²) < 4.78 is 0.181. The quantitative estimate of drug-likeness (QED) is 0.295. The molecule has 0 aliphatic carbocycles. The average Bonchev–Trinajstić information content (AvgIpc) is 2.12. The standard InChI is InChI=1S/C5H8INOS2/c6-5(8)7-1-3-9-10-4-2-7/h1-4H2. The Kier molecular flexibility index (Phi) is 4.24. The number of nitrogens with zero attached hydrogens (tertiary/aromatic N) is 1. The highest BCUT2D eigenvalue weighted by Gasteiger charge is 2.12. The van der Waals surface area contributed by atoms with E-state index >= 15 is 0 Å². The molecular formula is C5H8INOS2. The van der Waals surface area contributed by atoms with Gasteiger partial charge in [-0.05, 0) is 0 Å². The smallest absolute Gasteiger partial charge is 0.283 e. The second kappa shape index (κ2) is 4.71. The summed E-state index contributed by atoms with van der Waals surface area (Å²) in [7, 11) is 3.71. The Labute approximate surface area is 82.0 Å². The van der Waals surface area contributed by atoms with Gasteiger partial charge in [0.05, 0.1) is 0 Å². The van der Waals surface area contributed by atoms with Gasteiger partial charge in [0.25, 0.3) is 3.91 Å². The third-order valence-corrected chi connectivity index (χ3v) is 4.27. The van der Waals surface area contributed by atoms with Gasteiger partial charge < -0.3 is 4.90 Å². The minimum atomic E-state index is 0.181. The third kappa shape index (κ3) is 2.87. The minimum Gasteiger partial charge on any atom is -0.332 e. The van der Waals surface area contributed by atoms with Crippen LogP contribution in [0, 0.1) is 0 Å². The van der Waals surface area contributed by atoms with Crippen LogP contribution in [0.15, 0.2) is 0 Å². The maximum absolute atomic E-state index is 10.8. The van der Waals surface area contributed by atoms with E-state index in [9.17, 15) is 4.79 Å². The van der Waals surface area contributed by atoms with Crippen molar-refractivity contribution in [3.05, 3.63) is 0 Å². The van der Waals surface area contributed by atoms with Crippen LogP contribution in [0.5, 0.6) is 0 Å². The third-order valence-electron chi connectivity index (χ3n) is 1.22. The number of carbonyl (C=O) groups excluding carboxylic acids is 1. The molecule has 0 spiro atoms. The molecular weight excluding hydrogens is 281 g/mol. The van der Waals surface area contributed by atoms with E-state index in [1.54, 1.807) is 0 Å². The largest absolute Gasteiger partial charge is 0.332 e. The summed E-state index contributed by atoms with van der Waals surface area (Å²) >= 11 is 1.85. The van der Waals surface area contributed by atoms with Crippen LogP contribution in [0.4, 0.5) is 4.79 Å². The van der Waals surface area contributed by atoms with Crippen LogP contribution in [0.3, 0.4) is 0 Å². The fourth-order valence-electron chi connectivity index (χ4n) is 0.700. The molecule has 0 aromatic rings. The van der Waals surface area contributed by atoms with E-state index in [2.05, 4.69) is 0 Å². The Morgan fingerprint density at radius 2 is 1.80 bits per heavy atom. The van der Waals surface area contributed by atoms with Crippen molar-refractivity contribution in [1.82, 2.24) is 4.90 Å². The molecule has 0 saturated carbocycles. The van der Waals surface area contributed by atoms with Gasteiger partial charge in [0.1, 0.15) is 0 Å². The van der Waals surface area contributed by atoms with E-state index in [1.165, 1.54) is 0 Å². The van der Waals surface area contributed by atoms with Gasteiger partial charge in [-0.2, -0.15) is 0 Å². The highest BCUT2D eigenvalue weighted by atomic mass is 127. The Balaban J connectivity index is 2.35. The molecule has 0 aromatic heterocycles. The zero-order chi connectivity index (χ0) is 7.40.